The van der Waals surface area contributed by atoms with Crippen LogP contribution in [0.4, 0.5) is 0 Å². The van der Waals surface area contributed by atoms with Crippen molar-refractivity contribution < 1.29 is 4.79 Å². The smallest absolute Gasteiger partial charge is 0.160 e. The predicted octanol–water partition coefficient (Wildman–Crippen LogP) is 1.46. The molecule has 0 heterocycles. The molecule has 0 saturated carbocycles. The zero-order valence-corrected chi connectivity index (χ0v) is 6.77. The molecule has 0 rings (SSSR count). The van der Waals surface area contributed by atoms with Crippen molar-refractivity contribution in [3.63, 3.8) is 0 Å². The third kappa shape index (κ3) is 3.21. The minimum absolute atomic E-state index is 0.114. The van der Waals surface area contributed by atoms with Gasteiger partial charge in [-0.25, -0.2) is 4.99 Å². The van der Waals surface area contributed by atoms with E-state index in [2.05, 4.69) is 17.4 Å². The lowest BCUT2D eigenvalue weighted by atomic mass is 9.91. The first kappa shape index (κ1) is 9.12. The maximum atomic E-state index is 11.1. The largest absolute Gasteiger partial charge is 0.297 e. The number of hydrogen-bond acceptors (Lipinski definition) is 2. The SMILES string of the molecule is C=C=NCC(=O)C(C)(C)C. The molecular weight excluding hydrogens is 126 g/mol. The molecule has 2 heteroatoms. The van der Waals surface area contributed by atoms with E-state index in [-0.39, 0.29) is 17.7 Å². The highest BCUT2D eigenvalue weighted by molar-refractivity contribution is 5.86. The van der Waals surface area contributed by atoms with Gasteiger partial charge in [-0.3, -0.25) is 4.79 Å². The topological polar surface area (TPSA) is 29.4 Å². The first-order valence-electron chi connectivity index (χ1n) is 3.20. The molecule has 0 radical (unpaired) electrons. The fourth-order valence-corrected chi connectivity index (χ4v) is 0.365. The standard InChI is InChI=1S/C8H13NO/c1-5-9-6-7(10)8(2,3)4/h1,6H2,2-4H3. The summed E-state index contributed by atoms with van der Waals surface area (Å²) < 4.78 is 0. The molecule has 0 amide bonds. The van der Waals surface area contributed by atoms with Crippen LogP contribution in [0.3, 0.4) is 0 Å². The maximum absolute atomic E-state index is 11.1. The molecule has 56 valence electrons. The number of carbonyl (C=O) groups excluding carboxylic acids is 1. The Morgan fingerprint density at radius 1 is 1.60 bits per heavy atom. The van der Waals surface area contributed by atoms with Gasteiger partial charge in [0, 0.05) is 5.41 Å². The van der Waals surface area contributed by atoms with E-state index in [0.29, 0.717) is 0 Å². The third-order valence-corrected chi connectivity index (χ3v) is 1.17. The molecule has 10 heavy (non-hydrogen) atoms. The summed E-state index contributed by atoms with van der Waals surface area (Å²) in [4.78, 5) is 14.7. The summed E-state index contributed by atoms with van der Waals surface area (Å²) in [5, 5.41) is 0. The summed E-state index contributed by atoms with van der Waals surface area (Å²) in [7, 11) is 0. The molecule has 0 aliphatic carbocycles. The van der Waals surface area contributed by atoms with Crippen molar-refractivity contribution in [3.05, 3.63) is 6.58 Å². The Labute approximate surface area is 61.7 Å². The van der Waals surface area contributed by atoms with Crippen LogP contribution < -0.4 is 0 Å². The van der Waals surface area contributed by atoms with Crippen LogP contribution in [0.5, 0.6) is 0 Å². The molecule has 0 aromatic rings. The van der Waals surface area contributed by atoms with Gasteiger partial charge in [-0.05, 0) is 12.4 Å². The highest BCUT2D eigenvalue weighted by atomic mass is 16.1. The third-order valence-electron chi connectivity index (χ3n) is 1.17. The number of ketones is 1. The zero-order chi connectivity index (χ0) is 8.20. The molecule has 0 saturated heterocycles. The van der Waals surface area contributed by atoms with Gasteiger partial charge in [0.1, 0.15) is 6.54 Å². The van der Waals surface area contributed by atoms with E-state index in [1.807, 2.05) is 20.8 Å². The molecule has 0 aromatic carbocycles. The van der Waals surface area contributed by atoms with Gasteiger partial charge in [-0.1, -0.05) is 20.8 Å². The molecule has 0 fully saturated rings. The van der Waals surface area contributed by atoms with Gasteiger partial charge in [0.25, 0.3) is 0 Å². The maximum Gasteiger partial charge on any atom is 0.160 e. The number of nitrogens with zero attached hydrogens (tertiary/aromatic N) is 1. The predicted molar refractivity (Wildman–Crippen MR) is 42.4 cm³/mol. The summed E-state index contributed by atoms with van der Waals surface area (Å²) in [6.45, 7) is 9.08. The molecule has 0 aliphatic heterocycles. The summed E-state index contributed by atoms with van der Waals surface area (Å²) >= 11 is 0. The van der Waals surface area contributed by atoms with Crippen LogP contribution in [0.2, 0.25) is 0 Å². The minimum atomic E-state index is -0.291. The van der Waals surface area contributed by atoms with Crippen molar-refractivity contribution in [1.82, 2.24) is 0 Å². The fraction of sp³-hybridized carbons (Fsp3) is 0.625. The van der Waals surface area contributed by atoms with E-state index in [1.165, 1.54) is 0 Å². The second-order valence-corrected chi connectivity index (χ2v) is 3.15. The molecule has 0 aromatic heterocycles. The van der Waals surface area contributed by atoms with Crippen LogP contribution in [-0.2, 0) is 4.79 Å². The molecule has 0 spiro atoms. The summed E-state index contributed by atoms with van der Waals surface area (Å²) in [6.07, 6.45) is 0. The Bertz CT molecular complexity index is 170. The highest BCUT2D eigenvalue weighted by Gasteiger charge is 2.19. The molecule has 0 bridgehead atoms. The Balaban J connectivity index is 3.98. The van der Waals surface area contributed by atoms with Gasteiger partial charge < -0.3 is 0 Å². The average Bonchev–Trinajstić information content (AvgIpc) is 1.80. The first-order chi connectivity index (χ1) is 4.48. The summed E-state index contributed by atoms with van der Waals surface area (Å²) in [5.74, 6) is 2.44. The van der Waals surface area contributed by atoms with Crippen LogP contribution >= 0.6 is 0 Å². The van der Waals surface area contributed by atoms with Crippen molar-refractivity contribution in [3.8, 4) is 0 Å². The number of rotatable bonds is 2. The normalized spacial score (nSPS) is 10.3. The van der Waals surface area contributed by atoms with Crippen molar-refractivity contribution in [2.75, 3.05) is 6.54 Å². The number of carbonyl (C=O) groups is 1. The van der Waals surface area contributed by atoms with Crippen molar-refractivity contribution >= 4 is 11.7 Å². The lowest BCUT2D eigenvalue weighted by Gasteiger charge is -2.13. The van der Waals surface area contributed by atoms with Crippen LogP contribution in [0.1, 0.15) is 20.8 Å². The van der Waals surface area contributed by atoms with E-state index in [9.17, 15) is 4.79 Å². The van der Waals surface area contributed by atoms with E-state index < -0.39 is 0 Å². The molecular formula is C8H13NO. The van der Waals surface area contributed by atoms with Gasteiger partial charge in [-0.15, -0.1) is 0 Å². The van der Waals surface area contributed by atoms with E-state index in [0.717, 1.165) is 0 Å². The van der Waals surface area contributed by atoms with Gasteiger partial charge >= 0.3 is 0 Å². The quantitative estimate of drug-likeness (QED) is 0.532. The van der Waals surface area contributed by atoms with Crippen LogP contribution in [0.25, 0.3) is 0 Å². The Morgan fingerprint density at radius 3 is 2.40 bits per heavy atom. The Kier molecular flexibility index (Phi) is 3.04. The molecule has 0 atom stereocenters. The van der Waals surface area contributed by atoms with Crippen molar-refractivity contribution in [2.45, 2.75) is 20.8 Å². The van der Waals surface area contributed by atoms with Crippen LogP contribution in [0.15, 0.2) is 11.6 Å². The van der Waals surface area contributed by atoms with Gasteiger partial charge in [-0.2, -0.15) is 0 Å². The molecule has 0 N–H and O–H groups in total. The molecule has 0 aliphatic rings. The lowest BCUT2D eigenvalue weighted by molar-refractivity contribution is -0.124. The minimum Gasteiger partial charge on any atom is -0.297 e. The molecule has 0 unspecified atom stereocenters. The monoisotopic (exact) mass is 139 g/mol. The van der Waals surface area contributed by atoms with E-state index >= 15 is 0 Å². The van der Waals surface area contributed by atoms with Gasteiger partial charge in [0.2, 0.25) is 0 Å². The number of hydrogen-bond donors (Lipinski definition) is 0. The fourth-order valence-electron chi connectivity index (χ4n) is 0.365. The summed E-state index contributed by atoms with van der Waals surface area (Å²) in [5.41, 5.74) is -0.291. The highest BCUT2D eigenvalue weighted by Crippen LogP contribution is 2.13. The van der Waals surface area contributed by atoms with Crippen LogP contribution in [-0.4, -0.2) is 18.2 Å². The first-order valence-corrected chi connectivity index (χ1v) is 3.20. The van der Waals surface area contributed by atoms with E-state index in [1.54, 1.807) is 0 Å². The van der Waals surface area contributed by atoms with E-state index in [4.69, 9.17) is 0 Å². The van der Waals surface area contributed by atoms with Gasteiger partial charge in [0.05, 0.1) is 0 Å². The average molecular weight is 139 g/mol. The summed E-state index contributed by atoms with van der Waals surface area (Å²) in [6, 6.07) is 0. The second-order valence-electron chi connectivity index (χ2n) is 3.15. The number of Topliss-reactive ketones (excluding diaryl/α,β-unsaturated/α-hetero) is 1. The second kappa shape index (κ2) is 3.33. The lowest BCUT2D eigenvalue weighted by Crippen LogP contribution is -2.22. The Morgan fingerprint density at radius 2 is 2.10 bits per heavy atom. The zero-order valence-electron chi connectivity index (χ0n) is 6.77. The Hall–Kier alpha value is -0.880. The van der Waals surface area contributed by atoms with Gasteiger partial charge in [0.15, 0.2) is 5.78 Å². The van der Waals surface area contributed by atoms with Crippen LogP contribution in [0, 0.1) is 5.41 Å². The number of aliphatic imine (C=N–C) groups is 1. The molecule has 2 nitrogen and oxygen atoms in total. The van der Waals surface area contributed by atoms with Crippen molar-refractivity contribution in [1.29, 1.82) is 0 Å². The van der Waals surface area contributed by atoms with Crippen molar-refractivity contribution in [2.24, 2.45) is 10.4 Å².